The minimum absolute atomic E-state index is 0.123. The predicted octanol–water partition coefficient (Wildman–Crippen LogP) is 2.94. The third-order valence-electron chi connectivity index (χ3n) is 3.02. The van der Waals surface area contributed by atoms with Gasteiger partial charge in [0.15, 0.2) is 5.78 Å². The molecule has 0 radical (unpaired) electrons. The summed E-state index contributed by atoms with van der Waals surface area (Å²) in [4.78, 5) is 27.8. The van der Waals surface area contributed by atoms with E-state index in [0.29, 0.717) is 21.8 Å². The molecule has 0 spiro atoms. The minimum Gasteiger partial charge on any atom is -0.449 e. The van der Waals surface area contributed by atoms with Crippen LogP contribution in [0, 0.1) is 0 Å². The molecule has 1 aliphatic rings. The van der Waals surface area contributed by atoms with Gasteiger partial charge >= 0.3 is 6.09 Å². The molecule has 0 aliphatic carbocycles. The highest BCUT2D eigenvalue weighted by atomic mass is 35.5. The van der Waals surface area contributed by atoms with Crippen LogP contribution in [0.2, 0.25) is 5.02 Å². The number of fused-ring (bicyclic) bond motifs is 1. The summed E-state index contributed by atoms with van der Waals surface area (Å²) in [6.07, 6.45) is 1.23. The van der Waals surface area contributed by atoms with E-state index in [1.54, 1.807) is 36.2 Å². The molecule has 0 bridgehead atoms. The maximum Gasteiger partial charge on any atom is 0.414 e. The first-order valence-corrected chi connectivity index (χ1v) is 6.97. The topological polar surface area (TPSA) is 49.9 Å². The first-order chi connectivity index (χ1) is 9.93. The molecule has 0 saturated heterocycles. The van der Waals surface area contributed by atoms with Crippen molar-refractivity contribution in [2.24, 2.45) is 0 Å². The zero-order valence-electron chi connectivity index (χ0n) is 12.2. The van der Waals surface area contributed by atoms with Crippen molar-refractivity contribution in [2.75, 3.05) is 32.1 Å². The van der Waals surface area contributed by atoms with Crippen molar-refractivity contribution in [3.8, 4) is 0 Å². The van der Waals surface area contributed by atoms with Gasteiger partial charge in [0.1, 0.15) is 0 Å². The molecule has 6 heteroatoms. The molecular formula is C15H17ClN2O3. The van der Waals surface area contributed by atoms with E-state index in [1.165, 1.54) is 4.90 Å². The smallest absolute Gasteiger partial charge is 0.414 e. The lowest BCUT2D eigenvalue weighted by atomic mass is 9.96. The Morgan fingerprint density at radius 3 is 2.81 bits per heavy atom. The van der Waals surface area contributed by atoms with Crippen LogP contribution in [0.25, 0.3) is 0 Å². The minimum atomic E-state index is -0.474. The number of ether oxygens (including phenoxy) is 1. The lowest BCUT2D eigenvalue weighted by Crippen LogP contribution is -2.39. The van der Waals surface area contributed by atoms with Gasteiger partial charge in [-0.1, -0.05) is 11.6 Å². The van der Waals surface area contributed by atoms with Crippen LogP contribution in [-0.2, 0) is 4.74 Å². The van der Waals surface area contributed by atoms with Crippen LogP contribution in [0.1, 0.15) is 17.3 Å². The first-order valence-electron chi connectivity index (χ1n) is 6.59. The zero-order chi connectivity index (χ0) is 15.6. The fourth-order valence-corrected chi connectivity index (χ4v) is 2.37. The lowest BCUT2D eigenvalue weighted by Gasteiger charge is -2.30. The summed E-state index contributed by atoms with van der Waals surface area (Å²) in [6, 6.07) is 4.90. The molecule has 21 heavy (non-hydrogen) atoms. The Balaban J connectivity index is 2.51. The molecule has 0 unspecified atom stereocenters. The van der Waals surface area contributed by atoms with Gasteiger partial charge < -0.3 is 9.64 Å². The van der Waals surface area contributed by atoms with Gasteiger partial charge in [0.05, 0.1) is 18.8 Å². The molecule has 0 atom stereocenters. The summed E-state index contributed by atoms with van der Waals surface area (Å²) >= 11 is 5.97. The van der Waals surface area contributed by atoms with E-state index < -0.39 is 6.09 Å². The molecule has 0 saturated carbocycles. The Morgan fingerprint density at radius 1 is 1.48 bits per heavy atom. The molecular weight excluding hydrogens is 292 g/mol. The summed E-state index contributed by atoms with van der Waals surface area (Å²) in [5.41, 5.74) is 1.46. The van der Waals surface area contributed by atoms with E-state index >= 15 is 0 Å². The fraction of sp³-hybridized carbons (Fsp3) is 0.333. The van der Waals surface area contributed by atoms with Crippen molar-refractivity contribution in [3.63, 3.8) is 0 Å². The standard InChI is InChI=1S/C15H17ClN2O3/c1-4-21-15(20)18-9-10(8-17(2)3)14(19)12-7-11(16)5-6-13(12)18/h5-8H,4,9H2,1-3H3. The number of hydrogen-bond acceptors (Lipinski definition) is 4. The number of carbonyl (C=O) groups is 2. The molecule has 1 amide bonds. The lowest BCUT2D eigenvalue weighted by molar-refractivity contribution is 0.102. The summed E-state index contributed by atoms with van der Waals surface area (Å²) < 4.78 is 5.06. The number of ketones is 1. The average molecular weight is 309 g/mol. The van der Waals surface area contributed by atoms with Crippen molar-refractivity contribution in [3.05, 3.63) is 40.6 Å². The van der Waals surface area contributed by atoms with Gasteiger partial charge in [0.2, 0.25) is 0 Å². The van der Waals surface area contributed by atoms with E-state index in [-0.39, 0.29) is 18.9 Å². The van der Waals surface area contributed by atoms with Crippen molar-refractivity contribution in [1.82, 2.24) is 4.90 Å². The van der Waals surface area contributed by atoms with Gasteiger partial charge in [0, 0.05) is 36.5 Å². The van der Waals surface area contributed by atoms with Gasteiger partial charge in [-0.05, 0) is 25.1 Å². The quantitative estimate of drug-likeness (QED) is 0.788. The number of rotatable bonds is 2. The van der Waals surface area contributed by atoms with Gasteiger partial charge in [-0.15, -0.1) is 0 Å². The Hall–Kier alpha value is -2.01. The van der Waals surface area contributed by atoms with E-state index in [9.17, 15) is 9.59 Å². The van der Waals surface area contributed by atoms with E-state index in [4.69, 9.17) is 16.3 Å². The maximum absolute atomic E-state index is 12.5. The fourth-order valence-electron chi connectivity index (χ4n) is 2.20. The second-order valence-electron chi connectivity index (χ2n) is 4.89. The number of nitrogens with zero attached hydrogens (tertiary/aromatic N) is 2. The van der Waals surface area contributed by atoms with Crippen molar-refractivity contribution < 1.29 is 14.3 Å². The average Bonchev–Trinajstić information content (AvgIpc) is 2.42. The monoisotopic (exact) mass is 308 g/mol. The number of halogens is 1. The molecule has 1 aromatic rings. The zero-order valence-corrected chi connectivity index (χ0v) is 13.0. The van der Waals surface area contributed by atoms with Crippen molar-refractivity contribution in [1.29, 1.82) is 0 Å². The molecule has 1 aromatic carbocycles. The number of benzene rings is 1. The number of amides is 1. The van der Waals surface area contributed by atoms with Crippen LogP contribution in [0.15, 0.2) is 30.0 Å². The maximum atomic E-state index is 12.5. The number of anilines is 1. The summed E-state index contributed by atoms with van der Waals surface area (Å²) in [6.45, 7) is 2.20. The van der Waals surface area contributed by atoms with Crippen LogP contribution < -0.4 is 4.90 Å². The second kappa shape index (κ2) is 6.18. The van der Waals surface area contributed by atoms with E-state index in [0.717, 1.165) is 0 Å². The molecule has 1 heterocycles. The Morgan fingerprint density at radius 2 is 2.19 bits per heavy atom. The summed E-state index contributed by atoms with van der Waals surface area (Å²) in [7, 11) is 3.64. The second-order valence-corrected chi connectivity index (χ2v) is 5.33. The Bertz CT molecular complexity index is 611. The molecule has 0 fully saturated rings. The Kier molecular flexibility index (Phi) is 4.53. The van der Waals surface area contributed by atoms with Crippen LogP contribution >= 0.6 is 11.6 Å². The van der Waals surface area contributed by atoms with E-state index in [1.807, 2.05) is 14.1 Å². The van der Waals surface area contributed by atoms with Crippen LogP contribution in [0.4, 0.5) is 10.5 Å². The van der Waals surface area contributed by atoms with Crippen molar-refractivity contribution in [2.45, 2.75) is 6.92 Å². The number of hydrogen-bond donors (Lipinski definition) is 0. The Labute approximate surface area is 128 Å². The highest BCUT2D eigenvalue weighted by molar-refractivity contribution is 6.31. The number of Topliss-reactive ketones (excluding diaryl/α,β-unsaturated/α-hetero) is 1. The first kappa shape index (κ1) is 15.4. The van der Waals surface area contributed by atoms with Gasteiger partial charge in [-0.25, -0.2) is 4.79 Å². The van der Waals surface area contributed by atoms with Crippen molar-refractivity contribution >= 4 is 29.2 Å². The third kappa shape index (κ3) is 3.19. The number of carbonyl (C=O) groups excluding carboxylic acids is 2. The highest BCUT2D eigenvalue weighted by Gasteiger charge is 2.31. The van der Waals surface area contributed by atoms with Gasteiger partial charge in [0.25, 0.3) is 0 Å². The molecule has 112 valence electrons. The third-order valence-corrected chi connectivity index (χ3v) is 3.25. The van der Waals surface area contributed by atoms with Gasteiger partial charge in [-0.2, -0.15) is 0 Å². The summed E-state index contributed by atoms with van der Waals surface area (Å²) in [5, 5.41) is 0.456. The highest BCUT2D eigenvalue weighted by Crippen LogP contribution is 2.32. The molecule has 5 nitrogen and oxygen atoms in total. The van der Waals surface area contributed by atoms with Crippen LogP contribution in [0.3, 0.4) is 0 Å². The largest absolute Gasteiger partial charge is 0.449 e. The predicted molar refractivity (Wildman–Crippen MR) is 81.9 cm³/mol. The summed E-state index contributed by atoms with van der Waals surface area (Å²) in [5.74, 6) is -0.123. The normalized spacial score (nSPS) is 15.9. The molecule has 0 aromatic heterocycles. The van der Waals surface area contributed by atoms with Crippen LogP contribution in [0.5, 0.6) is 0 Å². The van der Waals surface area contributed by atoms with Gasteiger partial charge in [-0.3, -0.25) is 9.69 Å². The van der Waals surface area contributed by atoms with Crippen LogP contribution in [-0.4, -0.2) is 44.0 Å². The van der Waals surface area contributed by atoms with E-state index in [2.05, 4.69) is 0 Å². The molecule has 0 N–H and O–H groups in total. The SMILES string of the molecule is CCOC(=O)N1CC(=CN(C)C)C(=O)c2cc(Cl)ccc21. The molecule has 1 aliphatic heterocycles. The molecule has 2 rings (SSSR count).